The zero-order valence-corrected chi connectivity index (χ0v) is 18.0. The van der Waals surface area contributed by atoms with Crippen molar-refractivity contribution < 1.29 is 37.0 Å². The second kappa shape index (κ2) is 11.1. The van der Waals surface area contributed by atoms with E-state index in [1.54, 1.807) is 36.4 Å². The van der Waals surface area contributed by atoms with E-state index in [9.17, 15) is 22.8 Å². The Morgan fingerprint density at radius 2 is 1.47 bits per heavy atom. The highest BCUT2D eigenvalue weighted by Gasteiger charge is 2.49. The summed E-state index contributed by atoms with van der Waals surface area (Å²) in [6.45, 7) is -0.293. The third-order valence-corrected chi connectivity index (χ3v) is 4.52. The smallest absolute Gasteiger partial charge is 0.431 e. The quantitative estimate of drug-likeness (QED) is 0.329. The molecule has 0 aliphatic heterocycles. The summed E-state index contributed by atoms with van der Waals surface area (Å²) in [5, 5.41) is 0. The number of carbonyl (C=O) groups excluding carboxylic acids is 2. The maximum Gasteiger partial charge on any atom is 0.431 e. The number of benzene rings is 3. The van der Waals surface area contributed by atoms with Crippen molar-refractivity contribution >= 4 is 23.3 Å². The van der Waals surface area contributed by atoms with E-state index < -0.39 is 29.9 Å². The second-order valence-electron chi connectivity index (χ2n) is 6.95. The van der Waals surface area contributed by atoms with Crippen LogP contribution in [0.2, 0.25) is 0 Å². The van der Waals surface area contributed by atoms with Gasteiger partial charge in [0, 0.05) is 0 Å². The number of carbonyl (C=O) groups is 2. The number of alkyl halides is 3. The van der Waals surface area contributed by atoms with Gasteiger partial charge in [-0.1, -0.05) is 48.5 Å². The molecule has 0 heterocycles. The van der Waals surface area contributed by atoms with E-state index >= 15 is 0 Å². The van der Waals surface area contributed by atoms with Gasteiger partial charge in [-0.25, -0.2) is 14.6 Å². The lowest BCUT2D eigenvalue weighted by molar-refractivity contribution is -0.184. The third kappa shape index (κ3) is 6.68. The number of halogens is 3. The standard InChI is InChI=1S/C25H20F3NO5/c1-32-20-14-12-19(13-15-20)29-21(24(31)33-16-17-8-4-2-5-9-17)22(25(26,27)28)34-23(30)18-10-6-3-7-11-18/h2-15,22H,16H2,1H3/t22-/m1/s1. The van der Waals surface area contributed by atoms with Crippen molar-refractivity contribution in [2.24, 2.45) is 4.99 Å². The van der Waals surface area contributed by atoms with E-state index in [1.807, 2.05) is 0 Å². The molecular weight excluding hydrogens is 451 g/mol. The first-order chi connectivity index (χ1) is 16.3. The maximum atomic E-state index is 14.0. The minimum atomic E-state index is -5.14. The average Bonchev–Trinajstić information content (AvgIpc) is 2.85. The van der Waals surface area contributed by atoms with E-state index in [-0.39, 0.29) is 17.9 Å². The first-order valence-corrected chi connectivity index (χ1v) is 10.0. The van der Waals surface area contributed by atoms with Crippen LogP contribution in [0.5, 0.6) is 5.75 Å². The Morgan fingerprint density at radius 1 is 0.882 bits per heavy atom. The van der Waals surface area contributed by atoms with Crippen LogP contribution in [0.3, 0.4) is 0 Å². The summed E-state index contributed by atoms with van der Waals surface area (Å²) in [6.07, 6.45) is -8.09. The molecule has 0 saturated heterocycles. The van der Waals surface area contributed by atoms with Crippen molar-refractivity contribution in [3.63, 3.8) is 0 Å². The number of aliphatic imine (C=N–C) groups is 1. The van der Waals surface area contributed by atoms with Gasteiger partial charge >= 0.3 is 18.1 Å². The molecule has 3 aromatic carbocycles. The highest BCUT2D eigenvalue weighted by Crippen LogP contribution is 2.28. The lowest BCUT2D eigenvalue weighted by atomic mass is 10.1. The van der Waals surface area contributed by atoms with Crippen molar-refractivity contribution in [1.29, 1.82) is 0 Å². The summed E-state index contributed by atoms with van der Waals surface area (Å²) in [6, 6.07) is 21.2. The minimum absolute atomic E-state index is 0.0115. The fraction of sp³-hybridized carbons (Fsp3) is 0.160. The first kappa shape index (κ1) is 24.5. The van der Waals surface area contributed by atoms with Gasteiger partial charge in [-0.15, -0.1) is 0 Å². The van der Waals surface area contributed by atoms with Crippen molar-refractivity contribution in [1.82, 2.24) is 0 Å². The Labute approximate surface area is 193 Å². The van der Waals surface area contributed by atoms with E-state index in [0.717, 1.165) is 0 Å². The van der Waals surface area contributed by atoms with Crippen molar-refractivity contribution in [3.05, 3.63) is 96.1 Å². The average molecular weight is 471 g/mol. The van der Waals surface area contributed by atoms with E-state index in [4.69, 9.17) is 14.2 Å². The number of esters is 2. The van der Waals surface area contributed by atoms with E-state index in [2.05, 4.69) is 4.99 Å². The number of methoxy groups -OCH3 is 1. The number of hydrogen-bond acceptors (Lipinski definition) is 6. The summed E-state index contributed by atoms with van der Waals surface area (Å²) >= 11 is 0. The van der Waals surface area contributed by atoms with Crippen LogP contribution in [0.25, 0.3) is 0 Å². The summed E-state index contributed by atoms with van der Waals surface area (Å²) in [7, 11) is 1.42. The zero-order chi connectivity index (χ0) is 24.6. The van der Waals surface area contributed by atoms with Gasteiger partial charge in [0.25, 0.3) is 0 Å². The molecule has 0 radical (unpaired) electrons. The summed E-state index contributed by atoms with van der Waals surface area (Å²) in [5.74, 6) is -2.20. The largest absolute Gasteiger partial charge is 0.497 e. The molecule has 0 aromatic heterocycles. The van der Waals surface area contributed by atoms with Gasteiger partial charge < -0.3 is 14.2 Å². The molecule has 0 unspecified atom stereocenters. The molecule has 9 heteroatoms. The van der Waals surface area contributed by atoms with Crippen LogP contribution in [0.4, 0.5) is 18.9 Å². The number of hydrogen-bond donors (Lipinski definition) is 0. The molecule has 0 spiro atoms. The molecular formula is C25H20F3NO5. The highest BCUT2D eigenvalue weighted by atomic mass is 19.4. The van der Waals surface area contributed by atoms with Crippen molar-refractivity contribution in [2.45, 2.75) is 18.9 Å². The zero-order valence-electron chi connectivity index (χ0n) is 18.0. The molecule has 34 heavy (non-hydrogen) atoms. The molecule has 6 nitrogen and oxygen atoms in total. The molecule has 3 aromatic rings. The summed E-state index contributed by atoms with van der Waals surface area (Å²) in [4.78, 5) is 29.0. The number of rotatable bonds is 8. The fourth-order valence-electron chi connectivity index (χ4n) is 2.83. The van der Waals surface area contributed by atoms with E-state index in [1.165, 1.54) is 55.6 Å². The Morgan fingerprint density at radius 3 is 2.03 bits per heavy atom. The second-order valence-corrected chi connectivity index (χ2v) is 6.95. The molecule has 176 valence electrons. The fourth-order valence-corrected chi connectivity index (χ4v) is 2.83. The van der Waals surface area contributed by atoms with Crippen LogP contribution in [-0.4, -0.2) is 37.0 Å². The molecule has 0 amide bonds. The van der Waals surface area contributed by atoms with Crippen LogP contribution in [0.1, 0.15) is 15.9 Å². The first-order valence-electron chi connectivity index (χ1n) is 10.0. The van der Waals surface area contributed by atoms with Gasteiger partial charge in [0.1, 0.15) is 12.4 Å². The molecule has 0 fully saturated rings. The summed E-state index contributed by atoms with van der Waals surface area (Å²) < 4.78 is 56.9. The van der Waals surface area contributed by atoms with Gasteiger partial charge in [-0.3, -0.25) is 0 Å². The van der Waals surface area contributed by atoms with Crippen LogP contribution < -0.4 is 4.74 Å². The van der Waals surface area contributed by atoms with E-state index in [0.29, 0.717) is 11.3 Å². The molecule has 0 aliphatic rings. The normalized spacial score (nSPS) is 12.5. The van der Waals surface area contributed by atoms with Crippen molar-refractivity contribution in [2.75, 3.05) is 7.11 Å². The molecule has 3 rings (SSSR count). The van der Waals surface area contributed by atoms with Gasteiger partial charge in [0.2, 0.25) is 6.10 Å². The SMILES string of the molecule is COc1ccc(N=C(C(=O)OCc2ccccc2)[C@@H](OC(=O)c2ccccc2)C(F)(F)F)cc1. The van der Waals surface area contributed by atoms with Gasteiger partial charge in [-0.2, -0.15) is 13.2 Å². The highest BCUT2D eigenvalue weighted by molar-refractivity contribution is 6.39. The lowest BCUT2D eigenvalue weighted by Gasteiger charge is -2.21. The van der Waals surface area contributed by atoms with Crippen LogP contribution in [0, 0.1) is 0 Å². The van der Waals surface area contributed by atoms with Gasteiger partial charge in [-0.05, 0) is 42.0 Å². The lowest BCUT2D eigenvalue weighted by Crippen LogP contribution is -2.44. The Bertz CT molecular complexity index is 1130. The summed E-state index contributed by atoms with van der Waals surface area (Å²) in [5.41, 5.74) is -0.655. The topological polar surface area (TPSA) is 74.2 Å². The van der Waals surface area contributed by atoms with Gasteiger partial charge in [0.15, 0.2) is 5.71 Å². The Kier molecular flexibility index (Phi) is 8.02. The predicted octanol–water partition coefficient (Wildman–Crippen LogP) is 5.30. The number of nitrogens with zero attached hydrogens (tertiary/aromatic N) is 1. The Balaban J connectivity index is 1.95. The van der Waals surface area contributed by atoms with Crippen LogP contribution in [-0.2, 0) is 20.9 Å². The molecule has 0 aliphatic carbocycles. The van der Waals surface area contributed by atoms with Crippen molar-refractivity contribution in [3.8, 4) is 5.75 Å². The molecule has 1 atom stereocenters. The molecule has 0 saturated carbocycles. The third-order valence-electron chi connectivity index (χ3n) is 4.52. The molecule has 0 bridgehead atoms. The Hall–Kier alpha value is -4.14. The van der Waals surface area contributed by atoms with Crippen LogP contribution >= 0.6 is 0 Å². The predicted molar refractivity (Wildman–Crippen MR) is 118 cm³/mol. The number of ether oxygens (including phenoxy) is 3. The van der Waals surface area contributed by atoms with Gasteiger partial charge in [0.05, 0.1) is 18.4 Å². The van der Waals surface area contributed by atoms with Crippen LogP contribution in [0.15, 0.2) is 89.9 Å². The minimum Gasteiger partial charge on any atom is -0.497 e. The monoisotopic (exact) mass is 471 g/mol. The molecule has 0 N–H and O–H groups in total. The maximum absolute atomic E-state index is 14.0.